The molecule has 18 heteroatoms. The lowest BCUT2D eigenvalue weighted by Gasteiger charge is -2.51. The SMILES string of the molecule is Oc1cc(O)c2c(c1)O[C@@]1(c3ccc(O)c(O)c3)Oc3cc(O)c4c(c3[C@@H]2[C@H]1O)O[C@H](c1ccc(O)c(O)c1)[C@@H](O)C4c1c(O)cc(O)c2c1OC(c1ccc(O)c(O)c1)C(O)C2. The number of phenols is 11. The number of ether oxygens (including phenoxy) is 4. The van der Waals surface area contributed by atoms with Gasteiger partial charge in [-0.3, -0.25) is 0 Å². The number of aliphatic hydroxyl groups is 3. The summed E-state index contributed by atoms with van der Waals surface area (Å²) in [7, 11) is 0. The van der Waals surface area contributed by atoms with Gasteiger partial charge in [0.1, 0.15) is 70.1 Å². The Kier molecular flexibility index (Phi) is 8.49. The Bertz CT molecular complexity index is 2910. The Morgan fingerprint density at radius 3 is 1.62 bits per heavy atom. The molecule has 4 aliphatic heterocycles. The van der Waals surface area contributed by atoms with Crippen LogP contribution in [0, 0.1) is 0 Å². The zero-order valence-electron chi connectivity index (χ0n) is 32.1. The van der Waals surface area contributed by atoms with E-state index in [1.54, 1.807) is 0 Å². The number of rotatable bonds is 4. The number of fused-ring (bicyclic) bond motifs is 9. The normalized spacial score (nSPS) is 25.2. The molecular formula is C45H36O18. The van der Waals surface area contributed by atoms with Crippen molar-refractivity contribution in [2.75, 3.05) is 0 Å². The molecule has 0 aromatic heterocycles. The van der Waals surface area contributed by atoms with Gasteiger partial charge in [0.15, 0.2) is 40.6 Å². The molecule has 6 aromatic carbocycles. The Hall–Kier alpha value is -7.80. The quantitative estimate of drug-likeness (QED) is 0.110. The maximum absolute atomic E-state index is 12.5. The van der Waals surface area contributed by atoms with Gasteiger partial charge in [0, 0.05) is 64.1 Å². The molecule has 0 saturated carbocycles. The van der Waals surface area contributed by atoms with Gasteiger partial charge in [-0.1, -0.05) is 12.1 Å². The Balaban J connectivity index is 1.25. The lowest BCUT2D eigenvalue weighted by atomic mass is 9.71. The average molecular weight is 865 g/mol. The molecule has 0 amide bonds. The number of aliphatic hydroxyl groups excluding tert-OH is 3. The first kappa shape index (κ1) is 39.3. The third-order valence-electron chi connectivity index (χ3n) is 12.2. The second-order valence-electron chi connectivity index (χ2n) is 15.9. The first-order valence-electron chi connectivity index (χ1n) is 19.3. The highest BCUT2D eigenvalue weighted by Gasteiger charge is 2.61. The van der Waals surface area contributed by atoms with Crippen LogP contribution in [0.3, 0.4) is 0 Å². The third-order valence-corrected chi connectivity index (χ3v) is 12.2. The molecule has 0 spiro atoms. The summed E-state index contributed by atoms with van der Waals surface area (Å²) < 4.78 is 25.6. The number of aromatic hydroxyl groups is 11. The predicted octanol–water partition coefficient (Wildman–Crippen LogP) is 4.24. The van der Waals surface area contributed by atoms with Crippen molar-refractivity contribution in [3.63, 3.8) is 0 Å². The summed E-state index contributed by atoms with van der Waals surface area (Å²) in [5.41, 5.74) is -0.583. The molecule has 4 aliphatic rings. The summed E-state index contributed by atoms with van der Waals surface area (Å²) in [6.07, 6.45) is -8.29. The molecule has 3 unspecified atom stereocenters. The molecule has 324 valence electrons. The van der Waals surface area contributed by atoms with E-state index in [-0.39, 0.29) is 73.9 Å². The molecule has 6 aromatic rings. The van der Waals surface area contributed by atoms with Crippen molar-refractivity contribution < 1.29 is 90.4 Å². The number of hydrogen-bond donors (Lipinski definition) is 14. The third kappa shape index (κ3) is 5.68. The smallest absolute Gasteiger partial charge is 0.305 e. The van der Waals surface area contributed by atoms with Crippen molar-refractivity contribution in [1.29, 1.82) is 0 Å². The van der Waals surface area contributed by atoms with Crippen LogP contribution in [0.4, 0.5) is 0 Å². The Morgan fingerprint density at radius 1 is 0.444 bits per heavy atom. The molecule has 0 radical (unpaired) electrons. The first-order chi connectivity index (χ1) is 30.0. The molecule has 18 nitrogen and oxygen atoms in total. The van der Waals surface area contributed by atoms with Crippen LogP contribution in [0.15, 0.2) is 78.9 Å². The largest absolute Gasteiger partial charge is 0.508 e. The van der Waals surface area contributed by atoms with Gasteiger partial charge in [0.25, 0.3) is 0 Å². The summed E-state index contributed by atoms with van der Waals surface area (Å²) in [5.74, 6) is -12.6. The summed E-state index contributed by atoms with van der Waals surface area (Å²) in [6, 6.07) is 14.8. The van der Waals surface area contributed by atoms with Crippen molar-refractivity contribution in [1.82, 2.24) is 0 Å². The summed E-state index contributed by atoms with van der Waals surface area (Å²) in [6.45, 7) is 0. The van der Waals surface area contributed by atoms with Gasteiger partial charge >= 0.3 is 5.79 Å². The minimum Gasteiger partial charge on any atom is -0.508 e. The molecule has 0 fully saturated rings. The summed E-state index contributed by atoms with van der Waals surface area (Å²) >= 11 is 0. The molecule has 0 aliphatic carbocycles. The van der Waals surface area contributed by atoms with Gasteiger partial charge < -0.3 is 90.4 Å². The van der Waals surface area contributed by atoms with Crippen LogP contribution in [-0.2, 0) is 12.2 Å². The van der Waals surface area contributed by atoms with E-state index >= 15 is 0 Å². The lowest BCUT2D eigenvalue weighted by Crippen LogP contribution is -2.57. The van der Waals surface area contributed by atoms with E-state index in [1.165, 1.54) is 18.2 Å². The van der Waals surface area contributed by atoms with Crippen LogP contribution in [0.25, 0.3) is 0 Å². The van der Waals surface area contributed by atoms with Crippen LogP contribution < -0.4 is 18.9 Å². The Labute approximate surface area is 354 Å². The van der Waals surface area contributed by atoms with E-state index < -0.39 is 111 Å². The van der Waals surface area contributed by atoms with Gasteiger partial charge in [-0.15, -0.1) is 0 Å². The van der Waals surface area contributed by atoms with E-state index in [1.807, 2.05) is 0 Å². The standard InChI is InChI=1S/C45H36O18/c46-18-10-27(54)33-31(11-18)62-45(17-3-6-22(49)26(53)9-17)44(59)38(33)36-32(63-45)14-29(56)35-37(39(58)41(61-43(35)36)16-2-5-21(48)25(52)8-16)34-28(55)13-23(50)19-12-30(57)40(60-42(19)34)15-1-4-20(47)24(51)7-15/h1-11,13-14,30,37-41,44,46-59H,12H2/t30?,37?,38-,39+,40?,41-,44-,45+/m1/s1. The van der Waals surface area contributed by atoms with Gasteiger partial charge in [-0.25, -0.2) is 0 Å². The molecule has 8 atom stereocenters. The van der Waals surface area contributed by atoms with Crippen LogP contribution in [0.1, 0.15) is 68.6 Å². The van der Waals surface area contributed by atoms with Crippen LogP contribution in [0.2, 0.25) is 0 Å². The van der Waals surface area contributed by atoms with Crippen LogP contribution in [0.5, 0.6) is 86.2 Å². The van der Waals surface area contributed by atoms with Crippen molar-refractivity contribution in [3.05, 3.63) is 123 Å². The van der Waals surface area contributed by atoms with Gasteiger partial charge in [0.05, 0.1) is 17.9 Å². The van der Waals surface area contributed by atoms with Crippen molar-refractivity contribution in [2.45, 2.75) is 54.6 Å². The zero-order chi connectivity index (χ0) is 44.5. The van der Waals surface area contributed by atoms with Crippen molar-refractivity contribution in [2.24, 2.45) is 0 Å². The first-order valence-corrected chi connectivity index (χ1v) is 19.3. The van der Waals surface area contributed by atoms with Crippen molar-refractivity contribution >= 4 is 0 Å². The maximum Gasteiger partial charge on any atom is 0.305 e. The average Bonchev–Trinajstić information content (AvgIpc) is 3.22. The maximum atomic E-state index is 12.5. The van der Waals surface area contributed by atoms with E-state index in [0.29, 0.717) is 0 Å². The predicted molar refractivity (Wildman–Crippen MR) is 212 cm³/mol. The van der Waals surface area contributed by atoms with Gasteiger partial charge in [-0.05, 0) is 53.6 Å². The monoisotopic (exact) mass is 864 g/mol. The second-order valence-corrected chi connectivity index (χ2v) is 15.9. The number of benzene rings is 6. The lowest BCUT2D eigenvalue weighted by molar-refractivity contribution is -0.219. The fourth-order valence-corrected chi connectivity index (χ4v) is 9.32. The molecule has 0 saturated heterocycles. The molecule has 10 rings (SSSR count). The molecule has 2 bridgehead atoms. The van der Waals surface area contributed by atoms with Crippen molar-refractivity contribution in [3.8, 4) is 86.2 Å². The van der Waals surface area contributed by atoms with E-state index in [2.05, 4.69) is 0 Å². The fourth-order valence-electron chi connectivity index (χ4n) is 9.32. The van der Waals surface area contributed by atoms with Gasteiger partial charge in [-0.2, -0.15) is 0 Å². The molecule has 14 N–H and O–H groups in total. The number of phenolic OH excluding ortho intramolecular Hbond substituents is 11. The highest BCUT2D eigenvalue weighted by atomic mass is 16.7. The van der Waals surface area contributed by atoms with E-state index in [4.69, 9.17) is 18.9 Å². The van der Waals surface area contributed by atoms with Gasteiger partial charge in [0.2, 0.25) is 0 Å². The number of hydrogen-bond acceptors (Lipinski definition) is 18. The highest BCUT2D eigenvalue weighted by Crippen LogP contribution is 2.65. The van der Waals surface area contributed by atoms with E-state index in [0.717, 1.165) is 60.7 Å². The van der Waals surface area contributed by atoms with Crippen LogP contribution >= 0.6 is 0 Å². The topological polar surface area (TPSA) is 320 Å². The Morgan fingerprint density at radius 2 is 0.984 bits per heavy atom. The summed E-state index contributed by atoms with van der Waals surface area (Å²) in [5, 5.41) is 155. The highest BCUT2D eigenvalue weighted by molar-refractivity contribution is 5.72. The van der Waals surface area contributed by atoms with Crippen LogP contribution in [-0.4, -0.2) is 89.8 Å². The molecule has 63 heavy (non-hydrogen) atoms. The zero-order valence-corrected chi connectivity index (χ0v) is 32.1. The minimum absolute atomic E-state index is 0.0325. The summed E-state index contributed by atoms with van der Waals surface area (Å²) in [4.78, 5) is 0. The molecular weight excluding hydrogens is 828 g/mol. The molecule has 4 heterocycles. The second kappa shape index (κ2) is 13.6. The van der Waals surface area contributed by atoms with E-state index in [9.17, 15) is 71.5 Å². The fraction of sp³-hybridized carbons (Fsp3) is 0.200. The minimum atomic E-state index is -2.31.